The quantitative estimate of drug-likeness (QED) is 0.530. The van der Waals surface area contributed by atoms with E-state index in [-0.39, 0.29) is 0 Å². The zero-order chi connectivity index (χ0) is 7.97. The van der Waals surface area contributed by atoms with E-state index in [0.717, 1.165) is 4.52 Å². The third-order valence-corrected chi connectivity index (χ3v) is 4.00. The molecule has 0 saturated carbocycles. The van der Waals surface area contributed by atoms with Crippen molar-refractivity contribution in [2.45, 2.75) is 0 Å². The van der Waals surface area contributed by atoms with Crippen molar-refractivity contribution in [2.24, 2.45) is 0 Å². The number of nitrogens with zero attached hydrogens (tertiary/aromatic N) is 3. The van der Waals surface area contributed by atoms with Gasteiger partial charge in [-0.1, -0.05) is 0 Å². The second-order valence-corrected chi connectivity index (χ2v) is 4.67. The van der Waals surface area contributed by atoms with Gasteiger partial charge in [-0.15, -0.1) is 0 Å². The van der Waals surface area contributed by atoms with Gasteiger partial charge in [0.2, 0.25) is 0 Å². The van der Waals surface area contributed by atoms with Crippen LogP contribution in [-0.4, -0.2) is 29.1 Å². The van der Waals surface area contributed by atoms with Crippen LogP contribution in [0, 0.1) is 0 Å². The second-order valence-electron chi connectivity index (χ2n) is 2.55. The zero-order valence-electron chi connectivity index (χ0n) is 6.14. The Bertz CT molecular complexity index is 536. The van der Waals surface area contributed by atoms with Gasteiger partial charge >= 0.3 is 74.0 Å². The predicted octanol–water partition coefficient (Wildman–Crippen LogP) is 0.939. The fraction of sp³-hybridized carbons (Fsp3) is 0. The molecule has 0 bridgehead atoms. The number of para-hydroxylation sites is 1. The zero-order valence-corrected chi connectivity index (χ0v) is 7.85. The molecule has 0 aliphatic rings. The van der Waals surface area contributed by atoms with Gasteiger partial charge in [-0.05, 0) is 0 Å². The van der Waals surface area contributed by atoms with Crippen LogP contribution in [0.15, 0.2) is 30.6 Å². The van der Waals surface area contributed by atoms with E-state index in [0.29, 0.717) is 14.5 Å². The molecule has 3 aromatic rings. The van der Waals surface area contributed by atoms with Crippen LogP contribution in [0.25, 0.3) is 14.3 Å². The Morgan fingerprint density at radius 1 is 1.25 bits per heavy atom. The molecule has 0 unspecified atom stereocenters. The molecule has 0 aliphatic heterocycles. The van der Waals surface area contributed by atoms with E-state index in [2.05, 4.69) is 32.8 Å². The first kappa shape index (κ1) is 6.40. The Hall–Kier alpha value is -1.12. The first-order valence-electron chi connectivity index (χ1n) is 3.62. The van der Waals surface area contributed by atoms with Gasteiger partial charge in [-0.25, -0.2) is 0 Å². The van der Waals surface area contributed by atoms with Crippen molar-refractivity contribution >= 4 is 28.8 Å². The van der Waals surface area contributed by atoms with Gasteiger partial charge in [0, 0.05) is 0 Å². The summed E-state index contributed by atoms with van der Waals surface area (Å²) in [5.41, 5.74) is 1.25. The Kier molecular flexibility index (Phi) is 1.17. The summed E-state index contributed by atoms with van der Waals surface area (Å²) in [6.07, 6.45) is 1.78. The molecule has 0 radical (unpaired) electrons. The summed E-state index contributed by atoms with van der Waals surface area (Å²) in [7, 11) is 0. The van der Waals surface area contributed by atoms with Crippen molar-refractivity contribution in [3.05, 3.63) is 30.6 Å². The molecule has 2 heterocycles. The van der Waals surface area contributed by atoms with E-state index in [4.69, 9.17) is 0 Å². The van der Waals surface area contributed by atoms with Crippen LogP contribution in [-0.2, 0) is 0 Å². The fourth-order valence-electron chi connectivity index (χ4n) is 1.30. The number of hydrogen-bond donors (Lipinski definition) is 0. The summed E-state index contributed by atoms with van der Waals surface area (Å²) in [6, 6.07) is 8.38. The molecule has 1 aromatic carbocycles. The summed E-state index contributed by atoms with van der Waals surface area (Å²) in [5.74, 6) is 0. The van der Waals surface area contributed by atoms with Gasteiger partial charge in [0.05, 0.1) is 0 Å². The third-order valence-electron chi connectivity index (χ3n) is 1.84. The van der Waals surface area contributed by atoms with Crippen molar-refractivity contribution in [2.75, 3.05) is 0 Å². The monoisotopic (exact) mass is 223 g/mol. The molecule has 3 nitrogen and oxygen atoms in total. The molecule has 0 N–H and O–H groups in total. The summed E-state index contributed by atoms with van der Waals surface area (Å²) in [6.45, 7) is 0. The Balaban J connectivity index is 2.68. The van der Waals surface area contributed by atoms with Crippen molar-refractivity contribution < 1.29 is 0 Å². The average molecular weight is 222 g/mol. The van der Waals surface area contributed by atoms with Crippen LogP contribution >= 0.6 is 0 Å². The molecule has 3 rings (SSSR count). The van der Waals surface area contributed by atoms with E-state index in [1.54, 1.807) is 6.33 Å². The second kappa shape index (κ2) is 2.19. The van der Waals surface area contributed by atoms with Gasteiger partial charge in [0.25, 0.3) is 0 Å². The van der Waals surface area contributed by atoms with Crippen molar-refractivity contribution in [1.82, 2.24) is 14.6 Å². The molecular weight excluding hydrogens is 217 g/mol. The molecular formula is C8H5N3Se. The van der Waals surface area contributed by atoms with E-state index in [1.807, 2.05) is 6.07 Å². The Morgan fingerprint density at radius 3 is 3.17 bits per heavy atom. The third kappa shape index (κ3) is 0.709. The van der Waals surface area contributed by atoms with Gasteiger partial charge < -0.3 is 0 Å². The van der Waals surface area contributed by atoms with Crippen LogP contribution in [0.4, 0.5) is 0 Å². The Morgan fingerprint density at radius 2 is 2.17 bits per heavy atom. The SMILES string of the molecule is c1ccc2c(c1)[se]c1nncn12. The first-order valence-corrected chi connectivity index (χ1v) is 5.34. The number of hydrogen-bond acceptors (Lipinski definition) is 2. The van der Waals surface area contributed by atoms with Crippen LogP contribution in [0.2, 0.25) is 0 Å². The van der Waals surface area contributed by atoms with E-state index < -0.39 is 0 Å². The van der Waals surface area contributed by atoms with Gasteiger partial charge in [-0.2, -0.15) is 0 Å². The molecule has 0 aliphatic carbocycles. The molecule has 58 valence electrons. The molecule has 0 fully saturated rings. The van der Waals surface area contributed by atoms with E-state index >= 15 is 0 Å². The minimum absolute atomic E-state index is 0.354. The normalized spacial score (nSPS) is 11.3. The minimum atomic E-state index is 0.354. The number of fused-ring (bicyclic) bond motifs is 3. The Labute approximate surface area is 74.4 Å². The number of rotatable bonds is 0. The molecule has 0 atom stereocenters. The number of aromatic nitrogens is 3. The maximum atomic E-state index is 4.05. The van der Waals surface area contributed by atoms with Crippen LogP contribution < -0.4 is 0 Å². The summed E-state index contributed by atoms with van der Waals surface area (Å²) in [5, 5.41) is 7.92. The fourth-order valence-corrected chi connectivity index (χ4v) is 3.29. The van der Waals surface area contributed by atoms with Crippen LogP contribution in [0.5, 0.6) is 0 Å². The van der Waals surface area contributed by atoms with Crippen LogP contribution in [0.3, 0.4) is 0 Å². The maximum absolute atomic E-state index is 4.05. The molecule has 2 aromatic heterocycles. The van der Waals surface area contributed by atoms with Crippen molar-refractivity contribution in [3.8, 4) is 0 Å². The molecule has 0 saturated heterocycles. The van der Waals surface area contributed by atoms with Crippen molar-refractivity contribution in [1.29, 1.82) is 0 Å². The summed E-state index contributed by atoms with van der Waals surface area (Å²) in [4.78, 5) is 0. The summed E-state index contributed by atoms with van der Waals surface area (Å²) >= 11 is 0.354. The van der Waals surface area contributed by atoms with Crippen molar-refractivity contribution in [3.63, 3.8) is 0 Å². The van der Waals surface area contributed by atoms with Gasteiger partial charge in [-0.3, -0.25) is 0 Å². The number of benzene rings is 1. The predicted molar refractivity (Wildman–Crippen MR) is 47.4 cm³/mol. The standard InChI is InChI=1S/C8H5N3Se/c1-2-4-7-6(3-1)11-5-9-10-8(11)12-7/h1-5H. The van der Waals surface area contributed by atoms with Crippen LogP contribution in [0.1, 0.15) is 0 Å². The van der Waals surface area contributed by atoms with Gasteiger partial charge in [0.15, 0.2) is 0 Å². The molecule has 4 heteroatoms. The average Bonchev–Trinajstić information content (AvgIpc) is 2.62. The molecule has 12 heavy (non-hydrogen) atoms. The summed E-state index contributed by atoms with van der Waals surface area (Å²) < 4.78 is 4.56. The molecule has 0 spiro atoms. The topological polar surface area (TPSA) is 30.2 Å². The molecule has 0 amide bonds. The van der Waals surface area contributed by atoms with Gasteiger partial charge in [0.1, 0.15) is 0 Å². The first-order chi connectivity index (χ1) is 5.95. The van der Waals surface area contributed by atoms with E-state index in [1.165, 1.54) is 9.78 Å². The van der Waals surface area contributed by atoms with E-state index in [9.17, 15) is 0 Å².